The number of hydrogen-bond donors (Lipinski definition) is 3. The van der Waals surface area contributed by atoms with Crippen LogP contribution in [0.15, 0.2) is 22.9 Å². The van der Waals surface area contributed by atoms with Crippen LogP contribution in [0, 0.1) is 17.7 Å². The van der Waals surface area contributed by atoms with Crippen LogP contribution in [0.1, 0.15) is 72.0 Å². The highest BCUT2D eigenvalue weighted by atomic mass is 19.1. The Balaban J connectivity index is 1.57. The molecule has 4 N–H and O–H groups in total. The summed E-state index contributed by atoms with van der Waals surface area (Å²) in [5.74, 6) is -0.894. The van der Waals surface area contributed by atoms with E-state index in [0.29, 0.717) is 29.6 Å². The Hall–Kier alpha value is -3.31. The first-order valence-corrected chi connectivity index (χ1v) is 12.3. The fourth-order valence-corrected chi connectivity index (χ4v) is 5.58. The minimum Gasteiger partial charge on any atom is -0.387 e. The highest BCUT2D eigenvalue weighted by molar-refractivity contribution is 5.93. The number of hydrogen-bond acceptors (Lipinski definition) is 7. The summed E-state index contributed by atoms with van der Waals surface area (Å²) in [6.45, 7) is 2.26. The van der Waals surface area contributed by atoms with Crippen LogP contribution in [0.5, 0.6) is 0 Å². The molecule has 1 saturated heterocycles. The number of fused-ring (bicyclic) bond motifs is 1. The van der Waals surface area contributed by atoms with Crippen molar-refractivity contribution in [1.29, 1.82) is 0 Å². The molecular formula is C25H30FN5O5. The highest BCUT2D eigenvalue weighted by Crippen LogP contribution is 2.42. The van der Waals surface area contributed by atoms with Crippen molar-refractivity contribution in [3.8, 4) is 0 Å². The van der Waals surface area contributed by atoms with Gasteiger partial charge in [-0.05, 0) is 30.7 Å². The standard InChI is InChI=1S/C25H30FN5O5/c1-13-2-4-14(5-3-13)20(22-16(24(27)34)11-36-30-22)25-28-17-7-6-15(21(26)23(17)29-25)18-12-35-9-8-31(18)19(33)10-32/h6-7,11,13-14,18,20,32H,2-5,8-10,12H2,1H3,(H2,27,34)(H,28,29)/t13?,14?,18?,20-/m0/s1. The minimum absolute atomic E-state index is 0.120. The lowest BCUT2D eigenvalue weighted by Crippen LogP contribution is -2.44. The number of amides is 2. The molecule has 10 nitrogen and oxygen atoms in total. The van der Waals surface area contributed by atoms with E-state index in [-0.39, 0.29) is 35.7 Å². The molecule has 0 radical (unpaired) electrons. The van der Waals surface area contributed by atoms with Gasteiger partial charge in [0, 0.05) is 12.1 Å². The molecule has 5 rings (SSSR count). The quantitative estimate of drug-likeness (QED) is 0.472. The van der Waals surface area contributed by atoms with E-state index >= 15 is 4.39 Å². The topological polar surface area (TPSA) is 148 Å². The number of benzene rings is 1. The summed E-state index contributed by atoms with van der Waals surface area (Å²) in [7, 11) is 0. The molecule has 2 aliphatic rings. The van der Waals surface area contributed by atoms with Crippen molar-refractivity contribution >= 4 is 22.8 Å². The molecule has 1 aliphatic heterocycles. The Labute approximate surface area is 207 Å². The lowest BCUT2D eigenvalue weighted by molar-refractivity contribution is -0.143. The lowest BCUT2D eigenvalue weighted by atomic mass is 9.74. The van der Waals surface area contributed by atoms with Gasteiger partial charge < -0.3 is 30.0 Å². The Kier molecular flexibility index (Phi) is 6.76. The number of aromatic amines is 1. The van der Waals surface area contributed by atoms with Crippen molar-refractivity contribution < 1.29 is 28.3 Å². The van der Waals surface area contributed by atoms with Crippen LogP contribution in [0.2, 0.25) is 0 Å². The maximum atomic E-state index is 15.9. The molecule has 1 aromatic carbocycles. The van der Waals surface area contributed by atoms with E-state index in [4.69, 9.17) is 15.0 Å². The average Bonchev–Trinajstić information content (AvgIpc) is 3.54. The van der Waals surface area contributed by atoms with Crippen molar-refractivity contribution in [1.82, 2.24) is 20.0 Å². The molecule has 0 spiro atoms. The van der Waals surface area contributed by atoms with Crippen LogP contribution in [-0.2, 0) is 9.53 Å². The van der Waals surface area contributed by atoms with Gasteiger partial charge in [0.1, 0.15) is 35.5 Å². The van der Waals surface area contributed by atoms with Gasteiger partial charge in [-0.2, -0.15) is 0 Å². The Bertz CT molecular complexity index is 1260. The van der Waals surface area contributed by atoms with E-state index in [1.165, 1.54) is 11.2 Å². The molecule has 36 heavy (non-hydrogen) atoms. The summed E-state index contributed by atoms with van der Waals surface area (Å²) in [4.78, 5) is 33.7. The summed E-state index contributed by atoms with van der Waals surface area (Å²) in [5.41, 5.74) is 7.07. The number of rotatable bonds is 6. The zero-order chi connectivity index (χ0) is 25.4. The second-order valence-electron chi connectivity index (χ2n) is 9.80. The van der Waals surface area contributed by atoms with E-state index in [1.807, 2.05) is 0 Å². The normalized spacial score (nSPS) is 23.6. The van der Waals surface area contributed by atoms with E-state index in [0.717, 1.165) is 25.7 Å². The third-order valence-electron chi connectivity index (χ3n) is 7.57. The van der Waals surface area contributed by atoms with Crippen LogP contribution < -0.4 is 5.73 Å². The van der Waals surface area contributed by atoms with Gasteiger partial charge >= 0.3 is 0 Å². The van der Waals surface area contributed by atoms with Crippen LogP contribution >= 0.6 is 0 Å². The van der Waals surface area contributed by atoms with Gasteiger partial charge in [-0.15, -0.1) is 0 Å². The summed E-state index contributed by atoms with van der Waals surface area (Å²) in [6, 6.07) is 2.66. The fourth-order valence-electron chi connectivity index (χ4n) is 5.58. The molecule has 3 heterocycles. The predicted molar refractivity (Wildman–Crippen MR) is 126 cm³/mol. The molecule has 1 saturated carbocycles. The van der Waals surface area contributed by atoms with Crippen LogP contribution in [-0.4, -0.2) is 63.3 Å². The lowest BCUT2D eigenvalue weighted by Gasteiger charge is -2.35. The number of morpholine rings is 1. The molecular weight excluding hydrogens is 469 g/mol. The first-order chi connectivity index (χ1) is 17.4. The number of nitrogens with two attached hydrogens (primary N) is 1. The summed E-state index contributed by atoms with van der Waals surface area (Å²) in [5, 5.41) is 13.5. The van der Waals surface area contributed by atoms with Crippen LogP contribution in [0.4, 0.5) is 4.39 Å². The van der Waals surface area contributed by atoms with Gasteiger partial charge in [0.2, 0.25) is 5.91 Å². The van der Waals surface area contributed by atoms with Crippen LogP contribution in [0.3, 0.4) is 0 Å². The number of nitrogens with zero attached hydrogens (tertiary/aromatic N) is 3. The van der Waals surface area contributed by atoms with Crippen molar-refractivity contribution in [2.24, 2.45) is 17.6 Å². The van der Waals surface area contributed by atoms with Crippen molar-refractivity contribution in [3.63, 3.8) is 0 Å². The van der Waals surface area contributed by atoms with Gasteiger partial charge in [0.25, 0.3) is 5.91 Å². The molecule has 192 valence electrons. The molecule has 2 aromatic heterocycles. The van der Waals surface area contributed by atoms with Crippen molar-refractivity contribution in [2.45, 2.75) is 44.6 Å². The van der Waals surface area contributed by atoms with Gasteiger partial charge in [-0.1, -0.05) is 31.0 Å². The number of halogens is 1. The Morgan fingerprint density at radius 2 is 2.08 bits per heavy atom. The fraction of sp³-hybridized carbons (Fsp3) is 0.520. The second-order valence-corrected chi connectivity index (χ2v) is 9.80. The summed E-state index contributed by atoms with van der Waals surface area (Å²) < 4.78 is 26.5. The number of primary amides is 1. The molecule has 2 amide bonds. The zero-order valence-electron chi connectivity index (χ0n) is 20.1. The van der Waals surface area contributed by atoms with Gasteiger partial charge in [0.05, 0.1) is 30.7 Å². The molecule has 1 aliphatic carbocycles. The third kappa shape index (κ3) is 4.37. The number of imidazole rings is 1. The maximum Gasteiger partial charge on any atom is 0.253 e. The summed E-state index contributed by atoms with van der Waals surface area (Å²) in [6.07, 6.45) is 5.10. The maximum absolute atomic E-state index is 15.9. The van der Waals surface area contributed by atoms with Crippen molar-refractivity contribution in [2.75, 3.05) is 26.4 Å². The molecule has 11 heteroatoms. The first kappa shape index (κ1) is 24.4. The average molecular weight is 500 g/mol. The highest BCUT2D eigenvalue weighted by Gasteiger charge is 2.36. The number of aliphatic hydroxyl groups is 1. The number of aliphatic hydroxyl groups excluding tert-OH is 1. The van der Waals surface area contributed by atoms with Gasteiger partial charge in [-0.3, -0.25) is 9.59 Å². The molecule has 3 aromatic rings. The van der Waals surface area contributed by atoms with Crippen LogP contribution in [0.25, 0.3) is 11.0 Å². The number of H-pyrrole nitrogens is 1. The zero-order valence-corrected chi connectivity index (χ0v) is 20.1. The SMILES string of the molecule is CC1CCC([C@H](c2nc3c(F)c(C4COCCN4C(=O)CO)ccc3[nH]2)c2nocc2C(N)=O)CC1. The largest absolute Gasteiger partial charge is 0.387 e. The molecule has 2 fully saturated rings. The second kappa shape index (κ2) is 9.98. The third-order valence-corrected chi connectivity index (χ3v) is 7.57. The smallest absolute Gasteiger partial charge is 0.253 e. The Morgan fingerprint density at radius 3 is 2.81 bits per heavy atom. The van der Waals surface area contributed by atoms with Crippen molar-refractivity contribution in [3.05, 3.63) is 46.9 Å². The van der Waals surface area contributed by atoms with E-state index in [1.54, 1.807) is 12.1 Å². The van der Waals surface area contributed by atoms with E-state index < -0.39 is 36.2 Å². The molecule has 0 bridgehead atoms. The van der Waals surface area contributed by atoms with Gasteiger partial charge in [-0.25, -0.2) is 9.37 Å². The number of aromatic nitrogens is 3. The summed E-state index contributed by atoms with van der Waals surface area (Å²) >= 11 is 0. The number of carbonyl (C=O) groups is 2. The Morgan fingerprint density at radius 1 is 1.31 bits per heavy atom. The number of nitrogens with one attached hydrogen (secondary N) is 1. The molecule has 2 atom stereocenters. The van der Waals surface area contributed by atoms with E-state index in [2.05, 4.69) is 22.0 Å². The van der Waals surface area contributed by atoms with Gasteiger partial charge in [0.15, 0.2) is 5.82 Å². The predicted octanol–water partition coefficient (Wildman–Crippen LogP) is 2.64. The first-order valence-electron chi connectivity index (χ1n) is 12.3. The molecule has 1 unspecified atom stereocenters. The number of ether oxygens (including phenoxy) is 1. The minimum atomic E-state index is -0.671. The number of carbonyl (C=O) groups excluding carboxylic acids is 2. The van der Waals surface area contributed by atoms with E-state index in [9.17, 15) is 14.7 Å². The monoisotopic (exact) mass is 499 g/mol.